The van der Waals surface area contributed by atoms with Crippen LogP contribution in [0.5, 0.6) is 0 Å². The first-order valence-electron chi connectivity index (χ1n) is 8.84. The monoisotopic (exact) mass is 398 g/mol. The van der Waals surface area contributed by atoms with Crippen LogP contribution in [-0.4, -0.2) is 41.5 Å². The van der Waals surface area contributed by atoms with Crippen molar-refractivity contribution < 1.29 is 10.2 Å². The Hall–Kier alpha value is -2.79. The highest BCUT2D eigenvalue weighted by atomic mass is 32.1. The van der Waals surface area contributed by atoms with Crippen LogP contribution >= 0.6 is 11.3 Å². The van der Waals surface area contributed by atoms with Gasteiger partial charge in [0.05, 0.1) is 24.9 Å². The Kier molecular flexibility index (Phi) is 7.64. The third-order valence-corrected chi connectivity index (χ3v) is 5.42. The van der Waals surface area contributed by atoms with E-state index in [1.807, 2.05) is 25.3 Å². The summed E-state index contributed by atoms with van der Waals surface area (Å²) in [6.07, 6.45) is 16.8. The first-order valence-corrected chi connectivity index (χ1v) is 9.66. The molecule has 3 rings (SSSR count). The first-order chi connectivity index (χ1) is 13.6. The van der Waals surface area contributed by atoms with Gasteiger partial charge in [0.15, 0.2) is 6.17 Å². The van der Waals surface area contributed by atoms with Crippen molar-refractivity contribution in [3.8, 4) is 12.8 Å². The number of aliphatic imine (C=N–C) groups is 1. The van der Waals surface area contributed by atoms with Crippen molar-refractivity contribution >= 4 is 33.4 Å². The molecule has 6 nitrogen and oxygen atoms in total. The van der Waals surface area contributed by atoms with Crippen LogP contribution in [0.2, 0.25) is 0 Å². The van der Waals surface area contributed by atoms with Crippen molar-refractivity contribution in [1.82, 2.24) is 5.32 Å². The van der Waals surface area contributed by atoms with Crippen molar-refractivity contribution in [3.05, 3.63) is 53.7 Å². The van der Waals surface area contributed by atoms with Crippen LogP contribution in [0.15, 0.2) is 53.8 Å². The van der Waals surface area contributed by atoms with Crippen LogP contribution in [-0.2, 0) is 0 Å². The second-order valence-corrected chi connectivity index (χ2v) is 7.11. The van der Waals surface area contributed by atoms with Gasteiger partial charge in [-0.15, -0.1) is 24.2 Å². The molecular weight excluding hydrogens is 372 g/mol. The maximum atomic E-state index is 9.61. The third-order valence-electron chi connectivity index (χ3n) is 4.23. The molecule has 0 fully saturated rings. The summed E-state index contributed by atoms with van der Waals surface area (Å²) in [5.41, 5.74) is 3.22. The summed E-state index contributed by atoms with van der Waals surface area (Å²) in [6, 6.07) is 2.11. The van der Waals surface area contributed by atoms with Gasteiger partial charge in [-0.3, -0.25) is 4.99 Å². The quantitative estimate of drug-likeness (QED) is 0.438. The minimum absolute atomic E-state index is 0.127. The number of aliphatic hydroxyl groups is 2. The number of nitrogens with zero attached hydrogens (tertiary/aromatic N) is 2. The molecule has 0 saturated heterocycles. The van der Waals surface area contributed by atoms with Crippen molar-refractivity contribution in [3.63, 3.8) is 0 Å². The Morgan fingerprint density at radius 1 is 1.50 bits per heavy atom. The lowest BCUT2D eigenvalue weighted by atomic mass is 10.1. The lowest BCUT2D eigenvalue weighted by Gasteiger charge is -2.34. The SMILES string of the molecule is C#C.C=C/C=C\C(=C/C)c1cc2c(s1)N1C(C)=CNC1C(=NCC(O)CO)N2. The van der Waals surface area contributed by atoms with E-state index in [0.29, 0.717) is 0 Å². The van der Waals surface area contributed by atoms with Gasteiger partial charge in [0.1, 0.15) is 10.8 Å². The molecule has 0 amide bonds. The molecule has 3 heterocycles. The predicted octanol–water partition coefficient (Wildman–Crippen LogP) is 2.92. The highest BCUT2D eigenvalue weighted by molar-refractivity contribution is 7.18. The molecule has 0 spiro atoms. The number of terminal acetylenes is 1. The fourth-order valence-electron chi connectivity index (χ4n) is 2.90. The lowest BCUT2D eigenvalue weighted by Crippen LogP contribution is -2.49. The highest BCUT2D eigenvalue weighted by Gasteiger charge is 2.36. The maximum Gasteiger partial charge on any atom is 0.163 e. The molecule has 2 aliphatic rings. The first kappa shape index (κ1) is 21.5. The molecule has 148 valence electrons. The summed E-state index contributed by atoms with van der Waals surface area (Å²) in [4.78, 5) is 7.83. The number of nitrogens with one attached hydrogen (secondary N) is 2. The summed E-state index contributed by atoms with van der Waals surface area (Å²) in [6.45, 7) is 7.65. The van der Waals surface area contributed by atoms with E-state index in [9.17, 15) is 5.11 Å². The number of allylic oxidation sites excluding steroid dienone is 6. The highest BCUT2D eigenvalue weighted by Crippen LogP contribution is 2.45. The summed E-state index contributed by atoms with van der Waals surface area (Å²) in [5, 5.41) is 26.5. The Morgan fingerprint density at radius 2 is 2.25 bits per heavy atom. The summed E-state index contributed by atoms with van der Waals surface area (Å²) < 4.78 is 0. The molecule has 2 aliphatic heterocycles. The number of aliphatic hydroxyl groups excluding tert-OH is 2. The number of hydrogen-bond donors (Lipinski definition) is 4. The molecular formula is C21H26N4O2S. The average molecular weight is 399 g/mol. The zero-order chi connectivity index (χ0) is 20.7. The second kappa shape index (κ2) is 9.95. The van der Waals surface area contributed by atoms with E-state index in [1.54, 1.807) is 17.4 Å². The Balaban J connectivity index is 0.00000136. The molecule has 4 N–H and O–H groups in total. The van der Waals surface area contributed by atoms with E-state index in [1.165, 1.54) is 0 Å². The predicted molar refractivity (Wildman–Crippen MR) is 119 cm³/mol. The normalized spacial score (nSPS) is 20.4. The summed E-state index contributed by atoms with van der Waals surface area (Å²) in [7, 11) is 0. The minimum Gasteiger partial charge on any atom is -0.394 e. The summed E-state index contributed by atoms with van der Waals surface area (Å²) in [5.74, 6) is 0.728. The van der Waals surface area contributed by atoms with Gasteiger partial charge < -0.3 is 25.7 Å². The van der Waals surface area contributed by atoms with E-state index in [2.05, 4.69) is 59.0 Å². The number of hydrogen-bond acceptors (Lipinski definition) is 6. The van der Waals surface area contributed by atoms with E-state index in [-0.39, 0.29) is 19.3 Å². The van der Waals surface area contributed by atoms with E-state index >= 15 is 0 Å². The number of fused-ring (bicyclic) bond motifs is 3. The maximum absolute atomic E-state index is 9.61. The van der Waals surface area contributed by atoms with Gasteiger partial charge in [0.2, 0.25) is 0 Å². The van der Waals surface area contributed by atoms with Crippen LogP contribution in [0.1, 0.15) is 18.7 Å². The Morgan fingerprint density at radius 3 is 2.89 bits per heavy atom. The van der Waals surface area contributed by atoms with Gasteiger partial charge in [-0.25, -0.2) is 0 Å². The van der Waals surface area contributed by atoms with Crippen LogP contribution in [0.4, 0.5) is 10.7 Å². The van der Waals surface area contributed by atoms with Gasteiger partial charge in [0.25, 0.3) is 0 Å². The van der Waals surface area contributed by atoms with Gasteiger partial charge in [-0.2, -0.15) is 0 Å². The molecule has 1 aromatic heterocycles. The lowest BCUT2D eigenvalue weighted by molar-refractivity contribution is 0.102. The van der Waals surface area contributed by atoms with E-state index in [0.717, 1.165) is 32.7 Å². The van der Waals surface area contributed by atoms with Crippen LogP contribution in [0.3, 0.4) is 0 Å². The van der Waals surface area contributed by atoms with Gasteiger partial charge >= 0.3 is 0 Å². The Bertz CT molecular complexity index is 848. The zero-order valence-electron chi connectivity index (χ0n) is 16.1. The van der Waals surface area contributed by atoms with Crippen LogP contribution in [0, 0.1) is 12.8 Å². The molecule has 1 aromatic rings. The molecule has 7 heteroatoms. The number of anilines is 2. The molecule has 2 unspecified atom stereocenters. The summed E-state index contributed by atoms with van der Waals surface area (Å²) >= 11 is 1.71. The topological polar surface area (TPSA) is 80.1 Å². The average Bonchev–Trinajstić information content (AvgIpc) is 3.31. The van der Waals surface area contributed by atoms with Crippen molar-refractivity contribution in [2.45, 2.75) is 26.1 Å². The fourth-order valence-corrected chi connectivity index (χ4v) is 4.16. The smallest absolute Gasteiger partial charge is 0.163 e. The molecule has 0 saturated carbocycles. The van der Waals surface area contributed by atoms with Gasteiger partial charge in [-0.1, -0.05) is 30.9 Å². The number of thiophene rings is 1. The largest absolute Gasteiger partial charge is 0.394 e. The van der Waals surface area contributed by atoms with Gasteiger partial charge in [0, 0.05) is 16.8 Å². The minimum atomic E-state index is -0.855. The molecule has 2 atom stereocenters. The van der Waals surface area contributed by atoms with Crippen LogP contribution in [0.25, 0.3) is 5.57 Å². The van der Waals surface area contributed by atoms with Gasteiger partial charge in [-0.05, 0) is 25.5 Å². The van der Waals surface area contributed by atoms with Crippen molar-refractivity contribution in [2.24, 2.45) is 4.99 Å². The molecule has 0 aliphatic carbocycles. The number of amidine groups is 1. The van der Waals surface area contributed by atoms with Crippen molar-refractivity contribution in [1.29, 1.82) is 0 Å². The molecule has 0 aromatic carbocycles. The fraction of sp³-hybridized carbons (Fsp3) is 0.286. The Labute approximate surface area is 170 Å². The second-order valence-electron chi connectivity index (χ2n) is 6.08. The van der Waals surface area contributed by atoms with E-state index in [4.69, 9.17) is 5.11 Å². The molecule has 0 bridgehead atoms. The number of rotatable bonds is 6. The molecule has 28 heavy (non-hydrogen) atoms. The standard InChI is InChI=1S/C19H24N4O2S.C2H2/c1-4-6-7-13(5-2)16-8-15-19(26-16)23-12(3)9-21-18(23)17(22-15)20-10-14(25)11-24;1-2/h4-9,14,18,21,24-25H,1,10-11H2,2-3H3,(H,20,22);1-2H/b7-6-,13-5+;. The zero-order valence-corrected chi connectivity index (χ0v) is 16.9. The third kappa shape index (κ3) is 4.37. The molecule has 0 radical (unpaired) electrons. The van der Waals surface area contributed by atoms with Crippen LogP contribution < -0.4 is 15.5 Å². The van der Waals surface area contributed by atoms with Crippen molar-refractivity contribution in [2.75, 3.05) is 23.4 Å². The van der Waals surface area contributed by atoms with E-state index < -0.39 is 6.10 Å².